The van der Waals surface area contributed by atoms with Gasteiger partial charge in [0.15, 0.2) is 0 Å². The van der Waals surface area contributed by atoms with Crippen LogP contribution in [0.2, 0.25) is 0 Å². The van der Waals surface area contributed by atoms with E-state index in [1.165, 1.54) is 6.07 Å². The lowest BCUT2D eigenvalue weighted by Gasteiger charge is -2.02. The Kier molecular flexibility index (Phi) is 3.50. The minimum Gasteiger partial charge on any atom is -0.212 e. The van der Waals surface area contributed by atoms with Crippen LogP contribution in [0.5, 0.6) is 0 Å². The van der Waals surface area contributed by atoms with Crippen LogP contribution in [-0.4, -0.2) is 8.42 Å². The van der Waals surface area contributed by atoms with Gasteiger partial charge in [0.25, 0.3) is 0 Å². The van der Waals surface area contributed by atoms with Crippen molar-refractivity contribution < 1.29 is 12.8 Å². The molecule has 5 heteroatoms. The van der Waals surface area contributed by atoms with E-state index in [-0.39, 0.29) is 11.6 Å². The highest BCUT2D eigenvalue weighted by molar-refractivity contribution is 8.13. The number of benzene rings is 1. The Labute approximate surface area is 87.1 Å². The van der Waals surface area contributed by atoms with Gasteiger partial charge in [-0.25, -0.2) is 12.8 Å². The van der Waals surface area contributed by atoms with E-state index in [0.717, 1.165) is 0 Å². The molecule has 14 heavy (non-hydrogen) atoms. The van der Waals surface area contributed by atoms with Gasteiger partial charge in [-0.2, -0.15) is 0 Å². The smallest absolute Gasteiger partial charge is 0.212 e. The van der Waals surface area contributed by atoms with Gasteiger partial charge in [-0.15, -0.1) is 0 Å². The van der Waals surface area contributed by atoms with Gasteiger partial charge in [-0.05, 0) is 23.6 Å². The largest absolute Gasteiger partial charge is 0.236 e. The average molecular weight is 237 g/mol. The highest BCUT2D eigenvalue weighted by Crippen LogP contribution is 2.14. The van der Waals surface area contributed by atoms with E-state index in [4.69, 9.17) is 10.7 Å². The molecule has 0 aliphatic rings. The number of hydrogen-bond acceptors (Lipinski definition) is 2. The van der Waals surface area contributed by atoms with E-state index in [0.29, 0.717) is 17.5 Å². The van der Waals surface area contributed by atoms with Gasteiger partial charge in [-0.3, -0.25) is 0 Å². The van der Waals surface area contributed by atoms with Crippen LogP contribution in [0, 0.1) is 5.82 Å². The fourth-order valence-electron chi connectivity index (χ4n) is 1.17. The van der Waals surface area contributed by atoms with Crippen molar-refractivity contribution in [3.63, 3.8) is 0 Å². The molecule has 0 spiro atoms. The molecule has 0 saturated heterocycles. The second-order valence-corrected chi connectivity index (χ2v) is 5.74. The molecule has 0 fully saturated rings. The summed E-state index contributed by atoms with van der Waals surface area (Å²) in [7, 11) is 1.44. The standard InChI is InChI=1S/C9H10ClFO2S/c1-2-8-4-3-7(5-9(8)11)6-14(10,12)13/h3-5H,2,6H2,1H3. The molecular formula is C9H10ClFO2S. The number of halogens is 2. The SMILES string of the molecule is CCc1ccc(CS(=O)(=O)Cl)cc1F. The van der Waals surface area contributed by atoms with Crippen molar-refractivity contribution in [1.29, 1.82) is 0 Å². The minimum atomic E-state index is -3.61. The normalized spacial score (nSPS) is 11.6. The van der Waals surface area contributed by atoms with Crippen LogP contribution in [0.25, 0.3) is 0 Å². The molecule has 0 radical (unpaired) electrons. The first-order valence-electron chi connectivity index (χ1n) is 4.12. The van der Waals surface area contributed by atoms with Crippen molar-refractivity contribution in [1.82, 2.24) is 0 Å². The van der Waals surface area contributed by atoms with Crippen LogP contribution in [0.15, 0.2) is 18.2 Å². The first kappa shape index (κ1) is 11.5. The van der Waals surface area contributed by atoms with Gasteiger partial charge >= 0.3 is 0 Å². The van der Waals surface area contributed by atoms with Crippen LogP contribution >= 0.6 is 10.7 Å². The molecule has 1 rings (SSSR count). The summed E-state index contributed by atoms with van der Waals surface area (Å²) in [5.74, 6) is -0.722. The van der Waals surface area contributed by atoms with Gasteiger partial charge in [0.2, 0.25) is 9.05 Å². The molecule has 0 heterocycles. The van der Waals surface area contributed by atoms with E-state index in [9.17, 15) is 12.8 Å². The molecule has 0 saturated carbocycles. The number of rotatable bonds is 3. The van der Waals surface area contributed by atoms with E-state index in [1.54, 1.807) is 12.1 Å². The highest BCUT2D eigenvalue weighted by atomic mass is 35.7. The van der Waals surface area contributed by atoms with Gasteiger partial charge in [-0.1, -0.05) is 19.1 Å². The van der Waals surface area contributed by atoms with Crippen molar-refractivity contribution in [2.75, 3.05) is 0 Å². The van der Waals surface area contributed by atoms with Crippen molar-refractivity contribution in [2.24, 2.45) is 0 Å². The maximum atomic E-state index is 13.2. The van der Waals surface area contributed by atoms with Crippen LogP contribution in [-0.2, 0) is 21.2 Å². The summed E-state index contributed by atoms with van der Waals surface area (Å²) in [4.78, 5) is 0. The van der Waals surface area contributed by atoms with E-state index >= 15 is 0 Å². The summed E-state index contributed by atoms with van der Waals surface area (Å²) in [6.45, 7) is 1.83. The summed E-state index contributed by atoms with van der Waals surface area (Å²) >= 11 is 0. The van der Waals surface area contributed by atoms with Crippen LogP contribution in [0.3, 0.4) is 0 Å². The summed E-state index contributed by atoms with van der Waals surface area (Å²) in [6, 6.07) is 4.35. The van der Waals surface area contributed by atoms with E-state index < -0.39 is 9.05 Å². The van der Waals surface area contributed by atoms with Gasteiger partial charge in [0.05, 0.1) is 5.75 Å². The summed E-state index contributed by atoms with van der Waals surface area (Å²) in [5, 5.41) is 0. The fourth-order valence-corrected chi connectivity index (χ4v) is 2.12. The zero-order valence-electron chi connectivity index (χ0n) is 7.63. The molecule has 0 aliphatic carbocycles. The van der Waals surface area contributed by atoms with E-state index in [2.05, 4.69) is 0 Å². The van der Waals surface area contributed by atoms with Gasteiger partial charge in [0.1, 0.15) is 5.82 Å². The van der Waals surface area contributed by atoms with Crippen LogP contribution < -0.4 is 0 Å². The zero-order valence-corrected chi connectivity index (χ0v) is 9.20. The van der Waals surface area contributed by atoms with E-state index in [1.807, 2.05) is 6.92 Å². The second kappa shape index (κ2) is 4.28. The third kappa shape index (κ3) is 3.27. The fraction of sp³-hybridized carbons (Fsp3) is 0.333. The Balaban J connectivity index is 2.98. The third-order valence-electron chi connectivity index (χ3n) is 1.84. The molecule has 0 aromatic heterocycles. The molecule has 0 atom stereocenters. The second-order valence-electron chi connectivity index (χ2n) is 2.96. The Morgan fingerprint density at radius 2 is 2.07 bits per heavy atom. The summed E-state index contributed by atoms with van der Waals surface area (Å²) < 4.78 is 34.6. The topological polar surface area (TPSA) is 34.1 Å². The number of aryl methyl sites for hydroxylation is 1. The first-order valence-corrected chi connectivity index (χ1v) is 6.60. The van der Waals surface area contributed by atoms with Crippen molar-refractivity contribution in [3.05, 3.63) is 35.1 Å². The maximum Gasteiger partial charge on any atom is 0.236 e. The Hall–Kier alpha value is -0.610. The molecule has 0 N–H and O–H groups in total. The highest BCUT2D eigenvalue weighted by Gasteiger charge is 2.09. The predicted octanol–water partition coefficient (Wildman–Crippen LogP) is 2.46. The third-order valence-corrected chi connectivity index (χ3v) is 2.84. The lowest BCUT2D eigenvalue weighted by atomic mass is 10.1. The Morgan fingerprint density at radius 3 is 2.50 bits per heavy atom. The van der Waals surface area contributed by atoms with Crippen molar-refractivity contribution >= 4 is 19.7 Å². The Morgan fingerprint density at radius 1 is 1.43 bits per heavy atom. The molecule has 0 unspecified atom stereocenters. The summed E-state index contributed by atoms with van der Waals surface area (Å²) in [5.41, 5.74) is 0.940. The minimum absolute atomic E-state index is 0.338. The maximum absolute atomic E-state index is 13.2. The van der Waals surface area contributed by atoms with Crippen LogP contribution in [0.4, 0.5) is 4.39 Å². The Bertz CT molecular complexity index is 428. The number of hydrogen-bond donors (Lipinski definition) is 0. The molecule has 0 aliphatic heterocycles. The summed E-state index contributed by atoms with van der Waals surface area (Å²) in [6.07, 6.45) is 0.583. The van der Waals surface area contributed by atoms with Crippen molar-refractivity contribution in [2.45, 2.75) is 19.1 Å². The molecule has 0 bridgehead atoms. The van der Waals surface area contributed by atoms with Crippen LogP contribution in [0.1, 0.15) is 18.1 Å². The first-order chi connectivity index (χ1) is 6.42. The molecular weight excluding hydrogens is 227 g/mol. The van der Waals surface area contributed by atoms with Crippen molar-refractivity contribution in [3.8, 4) is 0 Å². The lowest BCUT2D eigenvalue weighted by Crippen LogP contribution is -1.97. The quantitative estimate of drug-likeness (QED) is 0.756. The average Bonchev–Trinajstić information content (AvgIpc) is 2.01. The zero-order chi connectivity index (χ0) is 10.8. The monoisotopic (exact) mass is 236 g/mol. The van der Waals surface area contributed by atoms with Gasteiger partial charge < -0.3 is 0 Å². The lowest BCUT2D eigenvalue weighted by molar-refractivity contribution is 0.605. The molecule has 0 amide bonds. The van der Waals surface area contributed by atoms with Gasteiger partial charge in [0, 0.05) is 10.7 Å². The molecule has 78 valence electrons. The predicted molar refractivity (Wildman–Crippen MR) is 54.3 cm³/mol. The molecule has 1 aromatic rings. The molecule has 1 aromatic carbocycles. The molecule has 2 nitrogen and oxygen atoms in total.